The molecule has 6 heteroatoms. The van der Waals surface area contributed by atoms with Gasteiger partial charge in [0.05, 0.1) is 4.90 Å². The molecule has 1 unspecified atom stereocenters. The lowest BCUT2D eigenvalue weighted by atomic mass is 10.1. The zero-order valence-corrected chi connectivity index (χ0v) is 14.4. The Morgan fingerprint density at radius 1 is 1.19 bits per heavy atom. The molecule has 1 saturated heterocycles. The Hall–Kier alpha value is -0.430. The van der Waals surface area contributed by atoms with Crippen molar-refractivity contribution in [3.05, 3.63) is 28.7 Å². The normalized spacial score (nSPS) is 23.4. The van der Waals surface area contributed by atoms with Crippen LogP contribution in [0.3, 0.4) is 0 Å². The third kappa shape index (κ3) is 3.50. The molecule has 1 saturated carbocycles. The summed E-state index contributed by atoms with van der Waals surface area (Å²) >= 11 is 3.37. The minimum absolute atomic E-state index is 0.186. The molecule has 2 aliphatic rings. The van der Waals surface area contributed by atoms with Crippen LogP contribution < -0.4 is 5.32 Å². The van der Waals surface area contributed by atoms with E-state index in [2.05, 4.69) is 21.2 Å². The molecule has 1 aromatic carbocycles. The molecule has 1 atom stereocenters. The van der Waals surface area contributed by atoms with Crippen molar-refractivity contribution in [2.75, 3.05) is 13.1 Å². The number of hydrogen-bond acceptors (Lipinski definition) is 3. The van der Waals surface area contributed by atoms with Crippen LogP contribution in [0.5, 0.6) is 0 Å². The first-order valence-corrected chi connectivity index (χ1v) is 9.82. The van der Waals surface area contributed by atoms with Gasteiger partial charge in [-0.25, -0.2) is 8.42 Å². The minimum atomic E-state index is -3.42. The first-order chi connectivity index (χ1) is 10.1. The second-order valence-corrected chi connectivity index (χ2v) is 8.60. The van der Waals surface area contributed by atoms with Crippen LogP contribution in [0.1, 0.15) is 32.1 Å². The van der Waals surface area contributed by atoms with Gasteiger partial charge in [-0.1, -0.05) is 18.6 Å². The number of hydrogen-bond donors (Lipinski definition) is 1. The standard InChI is InChI=1S/C15H21BrN2O2S/c16-14-6-1-2-7-15(14)21(19,20)18(13-8-9-13)11-12-5-3-4-10-17-12/h1-2,6-7,12-13,17H,3-5,8-11H2. The van der Waals surface area contributed by atoms with Crippen LogP contribution >= 0.6 is 15.9 Å². The van der Waals surface area contributed by atoms with Crippen LogP contribution in [0.25, 0.3) is 0 Å². The van der Waals surface area contributed by atoms with Crippen molar-refractivity contribution in [2.45, 2.75) is 49.1 Å². The molecule has 0 aromatic heterocycles. The first kappa shape index (κ1) is 15.5. The van der Waals surface area contributed by atoms with E-state index in [0.29, 0.717) is 15.9 Å². The van der Waals surface area contributed by atoms with Crippen molar-refractivity contribution in [3.63, 3.8) is 0 Å². The Labute approximate surface area is 135 Å². The summed E-state index contributed by atoms with van der Waals surface area (Å²) in [5.74, 6) is 0. The van der Waals surface area contributed by atoms with E-state index in [1.807, 2.05) is 6.07 Å². The molecular formula is C15H21BrN2O2S. The Bertz CT molecular complexity index is 595. The van der Waals surface area contributed by atoms with E-state index in [0.717, 1.165) is 25.8 Å². The molecule has 1 aromatic rings. The fraction of sp³-hybridized carbons (Fsp3) is 0.600. The zero-order chi connectivity index (χ0) is 14.9. The van der Waals surface area contributed by atoms with Crippen molar-refractivity contribution in [1.29, 1.82) is 0 Å². The summed E-state index contributed by atoms with van der Waals surface area (Å²) in [5.41, 5.74) is 0. The topological polar surface area (TPSA) is 49.4 Å². The number of nitrogens with one attached hydrogen (secondary N) is 1. The molecule has 1 aliphatic carbocycles. The van der Waals surface area contributed by atoms with Gasteiger partial charge in [0.15, 0.2) is 0 Å². The molecule has 0 amide bonds. The third-order valence-corrected chi connectivity index (χ3v) is 7.12. The van der Waals surface area contributed by atoms with Crippen molar-refractivity contribution in [3.8, 4) is 0 Å². The molecule has 0 spiro atoms. The number of benzene rings is 1. The predicted octanol–water partition coefficient (Wildman–Crippen LogP) is 2.74. The van der Waals surface area contributed by atoms with Crippen LogP contribution in [0.15, 0.2) is 33.6 Å². The number of piperidine rings is 1. The largest absolute Gasteiger partial charge is 0.313 e. The van der Waals surface area contributed by atoms with Crippen molar-refractivity contribution in [1.82, 2.24) is 9.62 Å². The second-order valence-electron chi connectivity index (χ2n) is 5.88. The van der Waals surface area contributed by atoms with Crippen molar-refractivity contribution in [2.24, 2.45) is 0 Å². The summed E-state index contributed by atoms with van der Waals surface area (Å²) in [6, 6.07) is 7.57. The van der Waals surface area contributed by atoms with Gasteiger partial charge in [-0.3, -0.25) is 0 Å². The maximum Gasteiger partial charge on any atom is 0.244 e. The van der Waals surface area contributed by atoms with Gasteiger partial charge in [-0.05, 0) is 60.3 Å². The molecule has 3 rings (SSSR count). The molecule has 116 valence electrons. The molecule has 1 aliphatic heterocycles. The van der Waals surface area contributed by atoms with Crippen LogP contribution in [0.2, 0.25) is 0 Å². The number of sulfonamides is 1. The number of rotatable bonds is 5. The monoisotopic (exact) mass is 372 g/mol. The van der Waals surface area contributed by atoms with E-state index >= 15 is 0 Å². The minimum Gasteiger partial charge on any atom is -0.313 e. The Morgan fingerprint density at radius 2 is 1.95 bits per heavy atom. The van der Waals surface area contributed by atoms with E-state index in [1.54, 1.807) is 22.5 Å². The average molecular weight is 373 g/mol. The van der Waals surface area contributed by atoms with Gasteiger partial charge in [0, 0.05) is 23.1 Å². The van der Waals surface area contributed by atoms with Crippen LogP contribution in [0, 0.1) is 0 Å². The Morgan fingerprint density at radius 3 is 2.57 bits per heavy atom. The average Bonchev–Trinajstić information content (AvgIpc) is 3.30. The summed E-state index contributed by atoms with van der Waals surface area (Å²) in [7, 11) is -3.42. The maximum atomic E-state index is 13.0. The van der Waals surface area contributed by atoms with E-state index < -0.39 is 10.0 Å². The van der Waals surface area contributed by atoms with Gasteiger partial charge in [-0.2, -0.15) is 4.31 Å². The van der Waals surface area contributed by atoms with Gasteiger partial charge in [0.2, 0.25) is 10.0 Å². The molecule has 1 heterocycles. The number of halogens is 1. The highest BCUT2D eigenvalue weighted by Crippen LogP contribution is 2.34. The lowest BCUT2D eigenvalue weighted by molar-refractivity contribution is 0.307. The lowest BCUT2D eigenvalue weighted by Crippen LogP contribution is -2.46. The Kier molecular flexibility index (Phi) is 4.69. The molecular weight excluding hydrogens is 352 g/mol. The van der Waals surface area contributed by atoms with E-state index in [9.17, 15) is 8.42 Å². The number of nitrogens with zero attached hydrogens (tertiary/aromatic N) is 1. The third-order valence-electron chi connectivity index (χ3n) is 4.19. The summed E-state index contributed by atoms with van der Waals surface area (Å²) < 4.78 is 28.3. The summed E-state index contributed by atoms with van der Waals surface area (Å²) in [6.07, 6.45) is 5.41. The fourth-order valence-electron chi connectivity index (χ4n) is 2.88. The molecule has 1 N–H and O–H groups in total. The lowest BCUT2D eigenvalue weighted by Gasteiger charge is -2.30. The first-order valence-electron chi connectivity index (χ1n) is 7.59. The van der Waals surface area contributed by atoms with Gasteiger partial charge in [0.1, 0.15) is 0 Å². The quantitative estimate of drug-likeness (QED) is 0.864. The molecule has 4 nitrogen and oxygen atoms in total. The van der Waals surface area contributed by atoms with Gasteiger partial charge in [0.25, 0.3) is 0 Å². The molecule has 21 heavy (non-hydrogen) atoms. The molecule has 2 fully saturated rings. The summed E-state index contributed by atoms with van der Waals surface area (Å²) in [5, 5.41) is 3.45. The summed E-state index contributed by atoms with van der Waals surface area (Å²) in [4.78, 5) is 0.382. The highest BCUT2D eigenvalue weighted by atomic mass is 79.9. The smallest absolute Gasteiger partial charge is 0.244 e. The SMILES string of the molecule is O=S(=O)(c1ccccc1Br)N(CC1CCCCN1)C1CC1. The fourth-order valence-corrected chi connectivity index (χ4v) is 5.58. The Balaban J connectivity index is 1.84. The van der Waals surface area contributed by atoms with Crippen LogP contribution in [-0.2, 0) is 10.0 Å². The van der Waals surface area contributed by atoms with Gasteiger partial charge < -0.3 is 5.32 Å². The van der Waals surface area contributed by atoms with Crippen LogP contribution in [0.4, 0.5) is 0 Å². The van der Waals surface area contributed by atoms with E-state index in [1.165, 1.54) is 12.8 Å². The predicted molar refractivity (Wildman–Crippen MR) is 86.7 cm³/mol. The zero-order valence-electron chi connectivity index (χ0n) is 12.0. The van der Waals surface area contributed by atoms with Gasteiger partial charge in [-0.15, -0.1) is 0 Å². The van der Waals surface area contributed by atoms with Crippen molar-refractivity contribution >= 4 is 26.0 Å². The van der Waals surface area contributed by atoms with Crippen molar-refractivity contribution < 1.29 is 8.42 Å². The van der Waals surface area contributed by atoms with Gasteiger partial charge >= 0.3 is 0 Å². The van der Waals surface area contributed by atoms with Crippen LogP contribution in [-0.4, -0.2) is 37.9 Å². The van der Waals surface area contributed by atoms with E-state index in [-0.39, 0.29) is 12.1 Å². The molecule has 0 radical (unpaired) electrons. The van der Waals surface area contributed by atoms with E-state index in [4.69, 9.17) is 0 Å². The summed E-state index contributed by atoms with van der Waals surface area (Å²) in [6.45, 7) is 1.59. The highest BCUT2D eigenvalue weighted by Gasteiger charge is 2.39. The maximum absolute atomic E-state index is 13.0. The highest BCUT2D eigenvalue weighted by molar-refractivity contribution is 9.10. The molecule has 0 bridgehead atoms. The second kappa shape index (κ2) is 6.36.